The summed E-state index contributed by atoms with van der Waals surface area (Å²) in [5, 5.41) is 0. The summed E-state index contributed by atoms with van der Waals surface area (Å²) in [6.07, 6.45) is -0.678. The molecule has 0 aliphatic carbocycles. The number of methoxy groups -OCH3 is 1. The van der Waals surface area contributed by atoms with Crippen LogP contribution in [-0.2, 0) is 19.1 Å². The second-order valence-electron chi connectivity index (χ2n) is 4.50. The van der Waals surface area contributed by atoms with E-state index in [1.807, 2.05) is 0 Å². The Morgan fingerprint density at radius 3 is 2.31 bits per heavy atom. The number of carbonyl (C=O) groups excluding carboxylic acids is 3. The SMILES string of the molecule is COC(=O)C1C(=O)CN1C(=O)OC(C)(C)C. The third kappa shape index (κ3) is 2.50. The van der Waals surface area contributed by atoms with Crippen molar-refractivity contribution in [3.63, 3.8) is 0 Å². The van der Waals surface area contributed by atoms with Crippen LogP contribution >= 0.6 is 0 Å². The Morgan fingerprint density at radius 2 is 1.94 bits per heavy atom. The lowest BCUT2D eigenvalue weighted by molar-refractivity contribution is -0.158. The minimum atomic E-state index is -1.14. The maximum atomic E-state index is 11.6. The summed E-state index contributed by atoms with van der Waals surface area (Å²) >= 11 is 0. The standard InChI is InChI=1S/C10H15NO5/c1-10(2,3)16-9(14)11-5-6(12)7(11)8(13)15-4/h7H,5H2,1-4H3. The number of likely N-dealkylation sites (tertiary alicyclic amines) is 1. The minimum absolute atomic E-state index is 0.103. The molecule has 0 aromatic heterocycles. The molecule has 0 saturated carbocycles. The molecule has 1 rings (SSSR count). The Labute approximate surface area is 93.5 Å². The number of ether oxygens (including phenoxy) is 2. The van der Waals surface area contributed by atoms with Gasteiger partial charge in [-0.2, -0.15) is 0 Å². The third-order valence-corrected chi connectivity index (χ3v) is 2.00. The molecular weight excluding hydrogens is 214 g/mol. The lowest BCUT2D eigenvalue weighted by Gasteiger charge is -2.37. The zero-order chi connectivity index (χ0) is 12.5. The summed E-state index contributed by atoms with van der Waals surface area (Å²) in [6.45, 7) is 5.02. The first-order valence-corrected chi connectivity index (χ1v) is 4.86. The molecule has 0 radical (unpaired) electrons. The molecule has 1 unspecified atom stereocenters. The van der Waals surface area contributed by atoms with Gasteiger partial charge in [-0.05, 0) is 20.8 Å². The van der Waals surface area contributed by atoms with E-state index in [1.165, 1.54) is 7.11 Å². The van der Waals surface area contributed by atoms with Crippen molar-refractivity contribution >= 4 is 17.8 Å². The van der Waals surface area contributed by atoms with Gasteiger partial charge in [0, 0.05) is 0 Å². The van der Waals surface area contributed by atoms with Crippen LogP contribution < -0.4 is 0 Å². The van der Waals surface area contributed by atoms with Crippen molar-refractivity contribution in [2.75, 3.05) is 13.7 Å². The van der Waals surface area contributed by atoms with E-state index in [9.17, 15) is 14.4 Å². The van der Waals surface area contributed by atoms with Gasteiger partial charge in [-0.15, -0.1) is 0 Å². The summed E-state index contributed by atoms with van der Waals surface area (Å²) in [4.78, 5) is 35.0. The largest absolute Gasteiger partial charge is 0.467 e. The summed E-state index contributed by atoms with van der Waals surface area (Å²) in [5.74, 6) is -1.07. The number of ketones is 1. The zero-order valence-corrected chi connectivity index (χ0v) is 9.77. The molecule has 1 aliphatic heterocycles. The Bertz CT molecular complexity index is 331. The topological polar surface area (TPSA) is 72.9 Å². The van der Waals surface area contributed by atoms with E-state index in [2.05, 4.69) is 4.74 Å². The maximum absolute atomic E-state index is 11.6. The lowest BCUT2D eigenvalue weighted by Crippen LogP contribution is -2.63. The van der Waals surface area contributed by atoms with Crippen LogP contribution in [-0.4, -0.2) is 48.0 Å². The Kier molecular flexibility index (Phi) is 3.21. The highest BCUT2D eigenvalue weighted by Gasteiger charge is 2.48. The van der Waals surface area contributed by atoms with Crippen LogP contribution in [0.1, 0.15) is 20.8 Å². The molecule has 6 nitrogen and oxygen atoms in total. The number of amides is 1. The molecule has 1 aliphatic rings. The molecule has 0 aromatic carbocycles. The molecule has 1 fully saturated rings. The van der Waals surface area contributed by atoms with Crippen molar-refractivity contribution < 1.29 is 23.9 Å². The van der Waals surface area contributed by atoms with Crippen molar-refractivity contribution in [1.82, 2.24) is 4.90 Å². The minimum Gasteiger partial charge on any atom is -0.467 e. The molecule has 90 valence electrons. The molecule has 0 bridgehead atoms. The van der Waals surface area contributed by atoms with E-state index in [0.29, 0.717) is 0 Å². The van der Waals surface area contributed by atoms with Gasteiger partial charge in [-0.3, -0.25) is 9.69 Å². The molecule has 1 atom stereocenters. The fourth-order valence-electron chi connectivity index (χ4n) is 1.27. The van der Waals surface area contributed by atoms with Crippen LogP contribution in [0.15, 0.2) is 0 Å². The van der Waals surface area contributed by atoms with Crippen LogP contribution in [0.5, 0.6) is 0 Å². The van der Waals surface area contributed by atoms with Gasteiger partial charge in [-0.1, -0.05) is 0 Å². The highest BCUT2D eigenvalue weighted by molar-refractivity contribution is 6.11. The van der Waals surface area contributed by atoms with E-state index in [-0.39, 0.29) is 12.3 Å². The van der Waals surface area contributed by atoms with Crippen molar-refractivity contribution in [3.8, 4) is 0 Å². The van der Waals surface area contributed by atoms with E-state index < -0.39 is 23.7 Å². The highest BCUT2D eigenvalue weighted by atomic mass is 16.6. The Morgan fingerprint density at radius 1 is 1.38 bits per heavy atom. The maximum Gasteiger partial charge on any atom is 0.411 e. The van der Waals surface area contributed by atoms with Gasteiger partial charge in [0.2, 0.25) is 0 Å². The Balaban J connectivity index is 2.65. The van der Waals surface area contributed by atoms with Gasteiger partial charge in [0.25, 0.3) is 0 Å². The molecule has 0 aromatic rings. The number of esters is 1. The quantitative estimate of drug-likeness (QED) is 0.479. The molecule has 1 heterocycles. The van der Waals surface area contributed by atoms with E-state index in [1.54, 1.807) is 20.8 Å². The van der Waals surface area contributed by atoms with Crippen LogP contribution in [0.4, 0.5) is 4.79 Å². The van der Waals surface area contributed by atoms with Crippen molar-refractivity contribution in [1.29, 1.82) is 0 Å². The molecule has 1 saturated heterocycles. The first-order valence-electron chi connectivity index (χ1n) is 4.86. The predicted molar refractivity (Wildman–Crippen MR) is 53.8 cm³/mol. The highest BCUT2D eigenvalue weighted by Crippen LogP contribution is 2.19. The first kappa shape index (κ1) is 12.5. The molecule has 1 amide bonds. The fraction of sp³-hybridized carbons (Fsp3) is 0.700. The molecule has 6 heteroatoms. The first-order chi connectivity index (χ1) is 7.26. The zero-order valence-electron chi connectivity index (χ0n) is 9.77. The van der Waals surface area contributed by atoms with Crippen LogP contribution in [0.2, 0.25) is 0 Å². The van der Waals surface area contributed by atoms with Crippen molar-refractivity contribution in [2.45, 2.75) is 32.4 Å². The lowest BCUT2D eigenvalue weighted by atomic mass is 10.0. The predicted octanol–water partition coefficient (Wildman–Crippen LogP) is 0.348. The molecule has 16 heavy (non-hydrogen) atoms. The monoisotopic (exact) mass is 229 g/mol. The summed E-state index contributed by atoms with van der Waals surface area (Å²) < 4.78 is 9.47. The number of hydrogen-bond acceptors (Lipinski definition) is 5. The van der Waals surface area contributed by atoms with Crippen LogP contribution in [0.3, 0.4) is 0 Å². The second kappa shape index (κ2) is 4.11. The molecular formula is C10H15NO5. The van der Waals surface area contributed by atoms with Gasteiger partial charge >= 0.3 is 12.1 Å². The van der Waals surface area contributed by atoms with Gasteiger partial charge in [0.05, 0.1) is 13.7 Å². The number of nitrogens with zero attached hydrogens (tertiary/aromatic N) is 1. The van der Waals surface area contributed by atoms with E-state index in [4.69, 9.17) is 4.74 Å². The Hall–Kier alpha value is -1.59. The van der Waals surface area contributed by atoms with Crippen LogP contribution in [0.25, 0.3) is 0 Å². The van der Waals surface area contributed by atoms with E-state index in [0.717, 1.165) is 4.90 Å². The summed E-state index contributed by atoms with van der Waals surface area (Å²) in [5.41, 5.74) is -0.656. The van der Waals surface area contributed by atoms with Gasteiger partial charge in [0.1, 0.15) is 5.60 Å². The average molecular weight is 229 g/mol. The third-order valence-electron chi connectivity index (χ3n) is 2.00. The number of Topliss-reactive ketones (excluding diaryl/α,β-unsaturated/α-hetero) is 1. The normalized spacial score (nSPS) is 20.1. The summed E-state index contributed by atoms with van der Waals surface area (Å²) in [6, 6.07) is -1.14. The number of hydrogen-bond donors (Lipinski definition) is 0. The van der Waals surface area contributed by atoms with Gasteiger partial charge < -0.3 is 9.47 Å². The van der Waals surface area contributed by atoms with Gasteiger partial charge in [-0.25, -0.2) is 9.59 Å². The van der Waals surface area contributed by atoms with Crippen molar-refractivity contribution in [2.24, 2.45) is 0 Å². The van der Waals surface area contributed by atoms with Crippen molar-refractivity contribution in [3.05, 3.63) is 0 Å². The summed E-state index contributed by atoms with van der Waals surface area (Å²) in [7, 11) is 1.17. The smallest absolute Gasteiger partial charge is 0.411 e. The molecule has 0 N–H and O–H groups in total. The number of rotatable bonds is 1. The molecule has 0 spiro atoms. The van der Waals surface area contributed by atoms with Gasteiger partial charge in [0.15, 0.2) is 11.8 Å². The van der Waals surface area contributed by atoms with E-state index >= 15 is 0 Å². The number of carbonyl (C=O) groups is 3. The van der Waals surface area contributed by atoms with Crippen LogP contribution in [0, 0.1) is 0 Å². The fourth-order valence-corrected chi connectivity index (χ4v) is 1.27. The second-order valence-corrected chi connectivity index (χ2v) is 4.50. The average Bonchev–Trinajstić information content (AvgIpc) is 2.10.